The van der Waals surface area contributed by atoms with Crippen LogP contribution >= 0.6 is 15.9 Å². The molecule has 2 rings (SSSR count). The molecule has 0 aliphatic heterocycles. The lowest BCUT2D eigenvalue weighted by Gasteiger charge is -2.15. The monoisotopic (exact) mass is 358 g/mol. The highest BCUT2D eigenvalue weighted by molar-refractivity contribution is 9.09. The molecule has 21 heavy (non-hydrogen) atoms. The van der Waals surface area contributed by atoms with Gasteiger partial charge in [0.1, 0.15) is 8.07 Å². The lowest BCUT2D eigenvalue weighted by Crippen LogP contribution is -2.17. The molecule has 0 spiro atoms. The normalized spacial score (nSPS) is 12.8. The van der Waals surface area contributed by atoms with E-state index in [-0.39, 0.29) is 0 Å². The maximum absolute atomic E-state index is 3.59. The van der Waals surface area contributed by atoms with Crippen molar-refractivity contribution in [3.8, 4) is 11.5 Å². The van der Waals surface area contributed by atoms with E-state index in [1.54, 1.807) is 0 Å². The minimum atomic E-state index is -1.33. The largest absolute Gasteiger partial charge is 0.131 e. The minimum absolute atomic E-state index is 0.348. The van der Waals surface area contributed by atoms with Crippen molar-refractivity contribution in [1.82, 2.24) is 0 Å². The summed E-state index contributed by atoms with van der Waals surface area (Å²) >= 11 is 3.55. The Morgan fingerprint density at radius 2 is 1.76 bits per heavy atom. The zero-order valence-corrected chi connectivity index (χ0v) is 15.7. The molecular formula is C19H23BrSi. The number of hydrogen-bond acceptors (Lipinski definition) is 0. The summed E-state index contributed by atoms with van der Waals surface area (Å²) in [7, 11) is -1.33. The third-order valence-electron chi connectivity index (χ3n) is 3.45. The van der Waals surface area contributed by atoms with Gasteiger partial charge in [-0.3, -0.25) is 0 Å². The molecule has 0 radical (unpaired) electrons. The Kier molecular flexibility index (Phi) is 5.67. The van der Waals surface area contributed by atoms with Gasteiger partial charge in [0.05, 0.1) is 0 Å². The first kappa shape index (κ1) is 16.3. The summed E-state index contributed by atoms with van der Waals surface area (Å²) in [5, 5.41) is 3.71. The van der Waals surface area contributed by atoms with E-state index in [2.05, 4.69) is 89.5 Å². The second kappa shape index (κ2) is 7.29. The SMILES string of the molecule is C[Si](C)(C)C#CC(CCCBr)c1cccc2ccccc12. The molecule has 0 N–H and O–H groups in total. The lowest BCUT2D eigenvalue weighted by atomic mass is 9.91. The van der Waals surface area contributed by atoms with Crippen LogP contribution in [0.4, 0.5) is 0 Å². The van der Waals surface area contributed by atoms with Crippen molar-refractivity contribution in [1.29, 1.82) is 0 Å². The van der Waals surface area contributed by atoms with Gasteiger partial charge in [-0.15, -0.1) is 11.5 Å². The predicted molar refractivity (Wildman–Crippen MR) is 101 cm³/mol. The van der Waals surface area contributed by atoms with Crippen molar-refractivity contribution in [3.63, 3.8) is 0 Å². The topological polar surface area (TPSA) is 0 Å². The molecule has 1 atom stereocenters. The summed E-state index contributed by atoms with van der Waals surface area (Å²) < 4.78 is 0. The molecule has 0 nitrogen and oxygen atoms in total. The van der Waals surface area contributed by atoms with E-state index in [1.165, 1.54) is 16.3 Å². The van der Waals surface area contributed by atoms with Crippen molar-refractivity contribution in [3.05, 3.63) is 48.0 Å². The molecule has 0 fully saturated rings. The third-order valence-corrected chi connectivity index (χ3v) is 4.90. The predicted octanol–water partition coefficient (Wildman–Crippen LogP) is 5.98. The van der Waals surface area contributed by atoms with Gasteiger partial charge < -0.3 is 0 Å². The Labute approximate surface area is 138 Å². The molecule has 0 aliphatic rings. The summed E-state index contributed by atoms with van der Waals surface area (Å²) in [6.07, 6.45) is 2.28. The van der Waals surface area contributed by atoms with Crippen LogP contribution in [0.2, 0.25) is 19.6 Å². The Balaban J connectivity index is 2.45. The van der Waals surface area contributed by atoms with Crippen LogP contribution in [0.5, 0.6) is 0 Å². The highest BCUT2D eigenvalue weighted by Gasteiger charge is 2.14. The van der Waals surface area contributed by atoms with Gasteiger partial charge in [0.15, 0.2) is 0 Å². The van der Waals surface area contributed by atoms with Gasteiger partial charge in [-0.2, -0.15) is 0 Å². The van der Waals surface area contributed by atoms with Crippen LogP contribution in [0.1, 0.15) is 24.3 Å². The standard InChI is InChI=1S/C19H23BrSi/c1-21(2,3)15-13-17(10-7-14-20)19-12-6-9-16-8-4-5-11-18(16)19/h4-6,8-9,11-12,17H,7,10,14H2,1-3H3. The summed E-state index contributed by atoms with van der Waals surface area (Å²) in [5.74, 6) is 3.94. The van der Waals surface area contributed by atoms with Crippen LogP contribution in [0.25, 0.3) is 10.8 Å². The van der Waals surface area contributed by atoms with Crippen molar-refractivity contribution >= 4 is 34.8 Å². The maximum Gasteiger partial charge on any atom is 0.129 e. The molecule has 0 saturated heterocycles. The molecule has 2 aromatic rings. The summed E-state index contributed by atoms with van der Waals surface area (Å²) in [4.78, 5) is 0. The van der Waals surface area contributed by atoms with Crippen molar-refractivity contribution in [2.45, 2.75) is 38.4 Å². The fourth-order valence-corrected chi connectivity index (χ4v) is 3.38. The van der Waals surface area contributed by atoms with Gasteiger partial charge in [-0.25, -0.2) is 0 Å². The van der Waals surface area contributed by atoms with Crippen molar-refractivity contribution < 1.29 is 0 Å². The summed E-state index contributed by atoms with van der Waals surface area (Å²) in [6.45, 7) is 6.93. The van der Waals surface area contributed by atoms with E-state index in [1.807, 2.05) is 0 Å². The molecule has 0 amide bonds. The smallest absolute Gasteiger partial charge is 0.129 e. The van der Waals surface area contributed by atoms with Gasteiger partial charge in [0.2, 0.25) is 0 Å². The van der Waals surface area contributed by atoms with E-state index in [0.717, 1.165) is 18.2 Å². The molecule has 0 heterocycles. The second-order valence-electron chi connectivity index (χ2n) is 6.47. The quantitative estimate of drug-likeness (QED) is 0.358. The van der Waals surface area contributed by atoms with Gasteiger partial charge in [-0.05, 0) is 29.2 Å². The molecule has 110 valence electrons. The number of fused-ring (bicyclic) bond motifs is 1. The zero-order chi connectivity index (χ0) is 15.3. The van der Waals surface area contributed by atoms with Crippen LogP contribution in [0.3, 0.4) is 0 Å². The van der Waals surface area contributed by atoms with Gasteiger partial charge in [0.25, 0.3) is 0 Å². The van der Waals surface area contributed by atoms with E-state index < -0.39 is 8.07 Å². The number of halogens is 1. The molecule has 1 unspecified atom stereocenters. The molecular weight excluding hydrogens is 336 g/mol. The molecule has 2 aromatic carbocycles. The van der Waals surface area contributed by atoms with Crippen LogP contribution < -0.4 is 0 Å². The number of benzene rings is 2. The first-order chi connectivity index (χ1) is 10.0. The molecule has 0 saturated carbocycles. The molecule has 2 heteroatoms. The lowest BCUT2D eigenvalue weighted by molar-refractivity contribution is 0.747. The van der Waals surface area contributed by atoms with Gasteiger partial charge in [-0.1, -0.05) is 78.0 Å². The van der Waals surface area contributed by atoms with Crippen LogP contribution in [0.15, 0.2) is 42.5 Å². The zero-order valence-electron chi connectivity index (χ0n) is 13.1. The second-order valence-corrected chi connectivity index (χ2v) is 12.0. The Bertz CT molecular complexity index is 653. The Hall–Kier alpha value is -1.04. The molecule has 0 aliphatic carbocycles. The Morgan fingerprint density at radius 3 is 2.48 bits per heavy atom. The maximum atomic E-state index is 3.59. The average molecular weight is 359 g/mol. The van der Waals surface area contributed by atoms with Crippen LogP contribution in [-0.4, -0.2) is 13.4 Å². The Morgan fingerprint density at radius 1 is 1.05 bits per heavy atom. The van der Waals surface area contributed by atoms with Crippen LogP contribution in [0, 0.1) is 11.5 Å². The fourth-order valence-electron chi connectivity index (χ4n) is 2.44. The summed E-state index contributed by atoms with van der Waals surface area (Å²) in [5.41, 5.74) is 4.96. The van der Waals surface area contributed by atoms with Crippen LogP contribution in [-0.2, 0) is 0 Å². The van der Waals surface area contributed by atoms with E-state index >= 15 is 0 Å². The highest BCUT2D eigenvalue weighted by Crippen LogP contribution is 2.28. The van der Waals surface area contributed by atoms with Gasteiger partial charge >= 0.3 is 0 Å². The first-order valence-electron chi connectivity index (χ1n) is 7.57. The minimum Gasteiger partial charge on any atom is -0.131 e. The van der Waals surface area contributed by atoms with E-state index in [4.69, 9.17) is 0 Å². The van der Waals surface area contributed by atoms with Crippen molar-refractivity contribution in [2.75, 3.05) is 5.33 Å². The highest BCUT2D eigenvalue weighted by atomic mass is 79.9. The molecule has 0 aromatic heterocycles. The fraction of sp³-hybridized carbons (Fsp3) is 0.368. The number of alkyl halides is 1. The van der Waals surface area contributed by atoms with Crippen molar-refractivity contribution in [2.24, 2.45) is 0 Å². The molecule has 0 bridgehead atoms. The number of hydrogen-bond donors (Lipinski definition) is 0. The van der Waals surface area contributed by atoms with E-state index in [0.29, 0.717) is 5.92 Å². The van der Waals surface area contributed by atoms with E-state index in [9.17, 15) is 0 Å². The average Bonchev–Trinajstić information content (AvgIpc) is 2.46. The third kappa shape index (κ3) is 4.73. The number of rotatable bonds is 4. The summed E-state index contributed by atoms with van der Waals surface area (Å²) in [6, 6.07) is 15.2. The van der Waals surface area contributed by atoms with Gasteiger partial charge in [0, 0.05) is 11.2 Å². The first-order valence-corrected chi connectivity index (χ1v) is 12.2.